The second-order valence-electron chi connectivity index (χ2n) is 4.29. The molecule has 0 spiro atoms. The zero-order valence-corrected chi connectivity index (χ0v) is 11.9. The van der Waals surface area contributed by atoms with Crippen molar-refractivity contribution in [3.05, 3.63) is 48.2 Å². The van der Waals surface area contributed by atoms with Crippen molar-refractivity contribution >= 4 is 11.8 Å². The van der Waals surface area contributed by atoms with Gasteiger partial charge in [0.15, 0.2) is 18.2 Å². The predicted molar refractivity (Wildman–Crippen MR) is 79.6 cm³/mol. The third kappa shape index (κ3) is 4.38. The molecule has 2 N–H and O–H groups in total. The first-order chi connectivity index (χ1) is 10.2. The van der Waals surface area contributed by atoms with Crippen LogP contribution < -0.4 is 20.1 Å². The average molecular weight is 287 g/mol. The second kappa shape index (κ2) is 7.14. The summed E-state index contributed by atoms with van der Waals surface area (Å²) in [5, 5.41) is 5.21. The minimum absolute atomic E-state index is 0.0258. The molecule has 0 fully saturated rings. The Labute approximate surface area is 123 Å². The van der Waals surface area contributed by atoms with Crippen molar-refractivity contribution in [1.82, 2.24) is 10.3 Å². The number of benzene rings is 1. The number of aromatic nitrogens is 1. The molecule has 1 aromatic carbocycles. The number of hydrogen-bond acceptors (Lipinski definition) is 4. The summed E-state index contributed by atoms with van der Waals surface area (Å²) in [6, 6.07) is 10.5. The highest BCUT2D eigenvalue weighted by Gasteiger charge is 2.05. The highest BCUT2D eigenvalue weighted by atomic mass is 16.5. The van der Waals surface area contributed by atoms with Gasteiger partial charge in [0.25, 0.3) is 0 Å². The molecule has 0 aliphatic rings. The molecule has 6 heteroatoms. The molecule has 21 heavy (non-hydrogen) atoms. The van der Waals surface area contributed by atoms with Crippen LogP contribution in [0.25, 0.3) is 0 Å². The van der Waals surface area contributed by atoms with Crippen molar-refractivity contribution in [3.63, 3.8) is 0 Å². The van der Waals surface area contributed by atoms with Crippen LogP contribution in [-0.4, -0.2) is 24.9 Å². The average Bonchev–Trinajstić information content (AvgIpc) is 2.47. The fourth-order valence-corrected chi connectivity index (χ4v) is 1.68. The molecule has 0 saturated heterocycles. The fraction of sp³-hybridized carbons (Fsp3) is 0.200. The lowest BCUT2D eigenvalue weighted by Crippen LogP contribution is -2.32. The number of carbonyl (C=O) groups is 1. The molecule has 110 valence electrons. The molecule has 1 heterocycles. The van der Waals surface area contributed by atoms with E-state index in [1.54, 1.807) is 31.5 Å². The Morgan fingerprint density at radius 1 is 1.24 bits per heavy atom. The van der Waals surface area contributed by atoms with Crippen molar-refractivity contribution in [2.24, 2.45) is 0 Å². The van der Waals surface area contributed by atoms with E-state index < -0.39 is 0 Å². The lowest BCUT2D eigenvalue weighted by atomic mass is 10.3. The van der Waals surface area contributed by atoms with Gasteiger partial charge < -0.3 is 14.8 Å². The van der Waals surface area contributed by atoms with E-state index in [1.807, 2.05) is 25.1 Å². The summed E-state index contributed by atoms with van der Waals surface area (Å²) in [7, 11) is 1.56. The number of anilines is 1. The van der Waals surface area contributed by atoms with E-state index >= 15 is 0 Å². The van der Waals surface area contributed by atoms with Crippen molar-refractivity contribution in [2.75, 3.05) is 19.2 Å². The number of amides is 2. The first-order valence-electron chi connectivity index (χ1n) is 6.42. The zero-order chi connectivity index (χ0) is 15.1. The minimum atomic E-state index is -0.386. The number of urea groups is 1. The summed E-state index contributed by atoms with van der Waals surface area (Å²) >= 11 is 0. The van der Waals surface area contributed by atoms with Crippen LogP contribution in [-0.2, 0) is 0 Å². The van der Waals surface area contributed by atoms with E-state index in [0.717, 1.165) is 5.56 Å². The van der Waals surface area contributed by atoms with Crippen molar-refractivity contribution < 1.29 is 14.3 Å². The first kappa shape index (κ1) is 14.6. The zero-order valence-electron chi connectivity index (χ0n) is 11.9. The fourth-order valence-electron chi connectivity index (χ4n) is 1.68. The standard InChI is InChI=1S/C15H17N3O3/c1-11-7-8-16-14(9-11)18-15(19)17-10-21-13-6-4-3-5-12(13)20-2/h3-9H,10H2,1-2H3,(H2,16,17,18,19). The summed E-state index contributed by atoms with van der Waals surface area (Å²) in [4.78, 5) is 15.7. The first-order valence-corrected chi connectivity index (χ1v) is 6.42. The predicted octanol–water partition coefficient (Wildman–Crippen LogP) is 2.56. The molecule has 2 rings (SSSR count). The Morgan fingerprint density at radius 2 is 2.00 bits per heavy atom. The Morgan fingerprint density at radius 3 is 2.71 bits per heavy atom. The maximum atomic E-state index is 11.7. The van der Waals surface area contributed by atoms with E-state index in [9.17, 15) is 4.79 Å². The van der Waals surface area contributed by atoms with E-state index in [4.69, 9.17) is 9.47 Å². The van der Waals surface area contributed by atoms with Crippen molar-refractivity contribution in [2.45, 2.75) is 6.92 Å². The number of aryl methyl sites for hydroxylation is 1. The van der Waals surface area contributed by atoms with Crippen LogP contribution in [0.2, 0.25) is 0 Å². The molecule has 0 saturated carbocycles. The van der Waals surface area contributed by atoms with Gasteiger partial charge in [-0.15, -0.1) is 0 Å². The number of pyridine rings is 1. The molecule has 1 aromatic heterocycles. The molecule has 6 nitrogen and oxygen atoms in total. The van der Waals surface area contributed by atoms with Gasteiger partial charge in [-0.3, -0.25) is 5.32 Å². The van der Waals surface area contributed by atoms with Gasteiger partial charge >= 0.3 is 6.03 Å². The number of ether oxygens (including phenoxy) is 2. The van der Waals surface area contributed by atoms with Crippen LogP contribution in [0.4, 0.5) is 10.6 Å². The quantitative estimate of drug-likeness (QED) is 0.829. The highest BCUT2D eigenvalue weighted by molar-refractivity contribution is 5.88. The number of methoxy groups -OCH3 is 1. The molecular formula is C15H17N3O3. The van der Waals surface area contributed by atoms with Crippen LogP contribution in [0.15, 0.2) is 42.6 Å². The van der Waals surface area contributed by atoms with Crippen LogP contribution in [0.3, 0.4) is 0 Å². The van der Waals surface area contributed by atoms with Crippen molar-refractivity contribution in [1.29, 1.82) is 0 Å². The van der Waals surface area contributed by atoms with Crippen LogP contribution in [0, 0.1) is 6.92 Å². The van der Waals surface area contributed by atoms with Crippen molar-refractivity contribution in [3.8, 4) is 11.5 Å². The van der Waals surface area contributed by atoms with Crippen LogP contribution in [0.1, 0.15) is 5.56 Å². The largest absolute Gasteiger partial charge is 0.493 e. The Kier molecular flexibility index (Phi) is 4.98. The van der Waals surface area contributed by atoms with Crippen LogP contribution >= 0.6 is 0 Å². The number of nitrogens with one attached hydrogen (secondary N) is 2. The number of rotatable bonds is 5. The van der Waals surface area contributed by atoms with Gasteiger partial charge in [-0.2, -0.15) is 0 Å². The summed E-state index contributed by atoms with van der Waals surface area (Å²) in [5.41, 5.74) is 1.02. The van der Waals surface area contributed by atoms with E-state index in [0.29, 0.717) is 17.3 Å². The molecule has 0 aliphatic carbocycles. The van der Waals surface area contributed by atoms with E-state index in [-0.39, 0.29) is 12.8 Å². The van der Waals surface area contributed by atoms with Crippen LogP contribution in [0.5, 0.6) is 11.5 Å². The molecular weight excluding hydrogens is 270 g/mol. The van der Waals surface area contributed by atoms with Gasteiger partial charge in [-0.25, -0.2) is 9.78 Å². The normalized spacial score (nSPS) is 9.81. The monoisotopic (exact) mass is 287 g/mol. The minimum Gasteiger partial charge on any atom is -0.493 e. The highest BCUT2D eigenvalue weighted by Crippen LogP contribution is 2.25. The Balaban J connectivity index is 1.82. The number of carbonyl (C=O) groups excluding carboxylic acids is 1. The summed E-state index contributed by atoms with van der Waals surface area (Å²) in [6.45, 7) is 1.95. The molecule has 0 radical (unpaired) electrons. The van der Waals surface area contributed by atoms with Gasteiger partial charge in [0.05, 0.1) is 7.11 Å². The third-order valence-corrected chi connectivity index (χ3v) is 2.69. The van der Waals surface area contributed by atoms with Gasteiger partial charge in [0.1, 0.15) is 5.82 Å². The van der Waals surface area contributed by atoms with E-state index in [2.05, 4.69) is 15.6 Å². The third-order valence-electron chi connectivity index (χ3n) is 2.69. The Hall–Kier alpha value is -2.76. The Bertz CT molecular complexity index is 617. The number of para-hydroxylation sites is 2. The summed E-state index contributed by atoms with van der Waals surface area (Å²) in [6.07, 6.45) is 1.64. The SMILES string of the molecule is COc1ccccc1OCNC(=O)Nc1cc(C)ccn1. The number of nitrogens with zero attached hydrogens (tertiary/aromatic N) is 1. The number of hydrogen-bond donors (Lipinski definition) is 2. The topological polar surface area (TPSA) is 72.5 Å². The van der Waals surface area contributed by atoms with E-state index in [1.165, 1.54) is 0 Å². The smallest absolute Gasteiger partial charge is 0.323 e. The maximum Gasteiger partial charge on any atom is 0.323 e. The maximum absolute atomic E-state index is 11.7. The molecule has 0 unspecified atom stereocenters. The summed E-state index contributed by atoms with van der Waals surface area (Å²) in [5.74, 6) is 1.67. The summed E-state index contributed by atoms with van der Waals surface area (Å²) < 4.78 is 10.6. The lowest BCUT2D eigenvalue weighted by molar-refractivity contribution is 0.231. The second-order valence-corrected chi connectivity index (χ2v) is 4.29. The molecule has 0 aliphatic heterocycles. The molecule has 0 bridgehead atoms. The molecule has 0 atom stereocenters. The lowest BCUT2D eigenvalue weighted by Gasteiger charge is -2.11. The molecule has 2 amide bonds. The van der Waals surface area contributed by atoms with Gasteiger partial charge in [-0.05, 0) is 36.8 Å². The van der Waals surface area contributed by atoms with Gasteiger partial charge in [0, 0.05) is 6.20 Å². The van der Waals surface area contributed by atoms with Gasteiger partial charge in [-0.1, -0.05) is 12.1 Å². The molecule has 2 aromatic rings. The van der Waals surface area contributed by atoms with Gasteiger partial charge in [0.2, 0.25) is 0 Å².